The van der Waals surface area contributed by atoms with E-state index in [0.29, 0.717) is 12.2 Å². The molecule has 106 valence electrons. The lowest BCUT2D eigenvalue weighted by atomic mass is 10.1. The SMILES string of the molecule is O=C(O)c1ccc2c(c1)N(C(=O)/C=C/c1cccs1)CC2. The molecule has 1 aliphatic rings. The number of fused-ring (bicyclic) bond motifs is 1. The lowest BCUT2D eigenvalue weighted by molar-refractivity contribution is -0.114. The fourth-order valence-electron chi connectivity index (χ4n) is 2.37. The Hall–Kier alpha value is -2.40. The largest absolute Gasteiger partial charge is 0.478 e. The quantitative estimate of drug-likeness (QED) is 0.886. The molecule has 1 aliphatic heterocycles. The smallest absolute Gasteiger partial charge is 0.335 e. The molecule has 0 spiro atoms. The van der Waals surface area contributed by atoms with Crippen LogP contribution in [0.3, 0.4) is 0 Å². The highest BCUT2D eigenvalue weighted by Crippen LogP contribution is 2.29. The molecule has 0 aliphatic carbocycles. The zero-order chi connectivity index (χ0) is 14.8. The van der Waals surface area contributed by atoms with Crippen LogP contribution in [0.5, 0.6) is 0 Å². The highest BCUT2D eigenvalue weighted by atomic mass is 32.1. The summed E-state index contributed by atoms with van der Waals surface area (Å²) in [5, 5.41) is 11.0. The molecule has 1 aromatic carbocycles. The maximum absolute atomic E-state index is 12.3. The van der Waals surface area contributed by atoms with Crippen molar-refractivity contribution in [3.05, 3.63) is 57.8 Å². The first kappa shape index (κ1) is 13.6. The fraction of sp³-hybridized carbons (Fsp3) is 0.125. The van der Waals surface area contributed by atoms with Gasteiger partial charge in [0.2, 0.25) is 0 Å². The molecule has 0 unspecified atom stereocenters. The van der Waals surface area contributed by atoms with Gasteiger partial charge in [0.25, 0.3) is 5.91 Å². The number of hydrogen-bond acceptors (Lipinski definition) is 3. The van der Waals surface area contributed by atoms with Crippen molar-refractivity contribution in [2.24, 2.45) is 0 Å². The third kappa shape index (κ3) is 2.73. The van der Waals surface area contributed by atoms with Gasteiger partial charge in [-0.25, -0.2) is 4.79 Å². The molecule has 1 amide bonds. The standard InChI is InChI=1S/C16H13NO3S/c18-15(6-5-13-2-1-9-21-13)17-8-7-11-3-4-12(16(19)20)10-14(11)17/h1-6,9-10H,7-8H2,(H,19,20)/b6-5+. The molecule has 2 heterocycles. The van der Waals surface area contributed by atoms with Crippen molar-refractivity contribution in [3.8, 4) is 0 Å². The van der Waals surface area contributed by atoms with Gasteiger partial charge in [0, 0.05) is 23.2 Å². The predicted molar refractivity (Wildman–Crippen MR) is 82.8 cm³/mol. The number of amides is 1. The summed E-state index contributed by atoms with van der Waals surface area (Å²) in [4.78, 5) is 26.0. The molecule has 3 rings (SSSR count). The van der Waals surface area contributed by atoms with Crippen molar-refractivity contribution in [2.75, 3.05) is 11.4 Å². The first-order chi connectivity index (χ1) is 10.1. The lowest BCUT2D eigenvalue weighted by Crippen LogP contribution is -2.27. The van der Waals surface area contributed by atoms with Crippen molar-refractivity contribution in [1.82, 2.24) is 0 Å². The van der Waals surface area contributed by atoms with Gasteiger partial charge in [0.05, 0.1) is 5.56 Å². The summed E-state index contributed by atoms with van der Waals surface area (Å²) in [6, 6.07) is 8.81. The minimum Gasteiger partial charge on any atom is -0.478 e. The van der Waals surface area contributed by atoms with Crippen LogP contribution in [0.1, 0.15) is 20.8 Å². The molecule has 0 saturated heterocycles. The van der Waals surface area contributed by atoms with E-state index in [0.717, 1.165) is 16.9 Å². The summed E-state index contributed by atoms with van der Waals surface area (Å²) >= 11 is 1.56. The van der Waals surface area contributed by atoms with Gasteiger partial charge in [-0.15, -0.1) is 11.3 Å². The van der Waals surface area contributed by atoms with Crippen molar-refractivity contribution >= 4 is 35.0 Å². The number of anilines is 1. The van der Waals surface area contributed by atoms with Gasteiger partial charge < -0.3 is 10.0 Å². The third-order valence-electron chi connectivity index (χ3n) is 3.43. The molecule has 0 saturated carbocycles. The summed E-state index contributed by atoms with van der Waals surface area (Å²) in [5.41, 5.74) is 1.92. The van der Waals surface area contributed by atoms with Gasteiger partial charge in [-0.05, 0) is 41.6 Å². The van der Waals surface area contributed by atoms with E-state index in [9.17, 15) is 9.59 Å². The Morgan fingerprint density at radius 1 is 1.29 bits per heavy atom. The van der Waals surface area contributed by atoms with Gasteiger partial charge in [-0.3, -0.25) is 4.79 Å². The van der Waals surface area contributed by atoms with E-state index in [2.05, 4.69) is 0 Å². The molecule has 5 heteroatoms. The Morgan fingerprint density at radius 2 is 2.14 bits per heavy atom. The van der Waals surface area contributed by atoms with Gasteiger partial charge in [-0.2, -0.15) is 0 Å². The maximum Gasteiger partial charge on any atom is 0.335 e. The van der Waals surface area contributed by atoms with E-state index in [1.807, 2.05) is 17.5 Å². The van der Waals surface area contributed by atoms with Gasteiger partial charge >= 0.3 is 5.97 Å². The molecule has 1 aromatic heterocycles. The van der Waals surface area contributed by atoms with Crippen LogP contribution in [0.4, 0.5) is 5.69 Å². The van der Waals surface area contributed by atoms with Crippen molar-refractivity contribution in [1.29, 1.82) is 0 Å². The van der Waals surface area contributed by atoms with Crippen molar-refractivity contribution in [3.63, 3.8) is 0 Å². The second kappa shape index (κ2) is 5.54. The number of thiophene rings is 1. The van der Waals surface area contributed by atoms with Crippen LogP contribution >= 0.6 is 11.3 Å². The second-order valence-corrected chi connectivity index (χ2v) is 5.72. The zero-order valence-electron chi connectivity index (χ0n) is 11.2. The summed E-state index contributed by atoms with van der Waals surface area (Å²) < 4.78 is 0. The Kier molecular flexibility index (Phi) is 3.58. The van der Waals surface area contributed by atoms with E-state index in [1.165, 1.54) is 6.08 Å². The molecular weight excluding hydrogens is 286 g/mol. The first-order valence-corrected chi connectivity index (χ1v) is 7.42. The van der Waals surface area contributed by atoms with Crippen molar-refractivity contribution in [2.45, 2.75) is 6.42 Å². The van der Waals surface area contributed by atoms with Gasteiger partial charge in [0.15, 0.2) is 0 Å². The highest BCUT2D eigenvalue weighted by Gasteiger charge is 2.24. The molecule has 0 fully saturated rings. The minimum atomic E-state index is -0.980. The van der Waals surface area contributed by atoms with E-state index in [4.69, 9.17) is 5.11 Å². The summed E-state index contributed by atoms with van der Waals surface area (Å²) in [7, 11) is 0. The first-order valence-electron chi connectivity index (χ1n) is 6.54. The molecule has 4 nitrogen and oxygen atoms in total. The number of carbonyl (C=O) groups excluding carboxylic acids is 1. The van der Waals surface area contributed by atoms with E-state index < -0.39 is 5.97 Å². The van der Waals surface area contributed by atoms with E-state index in [-0.39, 0.29) is 11.5 Å². The van der Waals surface area contributed by atoms with Crippen LogP contribution in [0, 0.1) is 0 Å². The summed E-state index contributed by atoms with van der Waals surface area (Å²) in [5.74, 6) is -1.10. The predicted octanol–water partition coefficient (Wildman–Crippen LogP) is 3.05. The molecule has 2 aromatic rings. The van der Waals surface area contributed by atoms with Gasteiger partial charge in [-0.1, -0.05) is 12.1 Å². The number of carboxylic acids is 1. The number of nitrogens with zero attached hydrogens (tertiary/aromatic N) is 1. The summed E-state index contributed by atoms with van der Waals surface area (Å²) in [6.07, 6.45) is 4.08. The van der Waals surface area contributed by atoms with Gasteiger partial charge in [0.1, 0.15) is 0 Å². The van der Waals surface area contributed by atoms with Crippen LogP contribution in [0.2, 0.25) is 0 Å². The molecule has 0 bridgehead atoms. The monoisotopic (exact) mass is 299 g/mol. The van der Waals surface area contributed by atoms with Crippen LogP contribution in [0.15, 0.2) is 41.8 Å². The number of carbonyl (C=O) groups is 2. The minimum absolute atomic E-state index is 0.121. The van der Waals surface area contributed by atoms with Crippen LogP contribution < -0.4 is 4.90 Å². The average Bonchev–Trinajstić information content (AvgIpc) is 3.13. The molecular formula is C16H13NO3S. The maximum atomic E-state index is 12.3. The molecule has 1 N–H and O–H groups in total. The van der Waals surface area contributed by atoms with Crippen molar-refractivity contribution < 1.29 is 14.7 Å². The number of aromatic carboxylic acids is 1. The normalized spacial score (nSPS) is 13.6. The Bertz CT molecular complexity index is 719. The number of hydrogen-bond donors (Lipinski definition) is 1. The number of carboxylic acid groups (broad SMARTS) is 1. The molecule has 0 radical (unpaired) electrons. The zero-order valence-corrected chi connectivity index (χ0v) is 12.0. The Balaban J connectivity index is 1.84. The topological polar surface area (TPSA) is 57.6 Å². The summed E-state index contributed by atoms with van der Waals surface area (Å²) in [6.45, 7) is 0.589. The molecule has 21 heavy (non-hydrogen) atoms. The number of benzene rings is 1. The van der Waals surface area contributed by atoms with Crippen LogP contribution in [-0.4, -0.2) is 23.5 Å². The second-order valence-electron chi connectivity index (χ2n) is 4.74. The lowest BCUT2D eigenvalue weighted by Gasteiger charge is -2.15. The fourth-order valence-corrected chi connectivity index (χ4v) is 2.99. The van der Waals surface area contributed by atoms with E-state index in [1.54, 1.807) is 40.5 Å². The Morgan fingerprint density at radius 3 is 2.86 bits per heavy atom. The third-order valence-corrected chi connectivity index (χ3v) is 4.26. The highest BCUT2D eigenvalue weighted by molar-refractivity contribution is 7.10. The number of rotatable bonds is 3. The average molecular weight is 299 g/mol. The van der Waals surface area contributed by atoms with Crippen LogP contribution in [-0.2, 0) is 11.2 Å². The van der Waals surface area contributed by atoms with E-state index >= 15 is 0 Å². The molecule has 0 atom stereocenters. The van der Waals surface area contributed by atoms with Crippen LogP contribution in [0.25, 0.3) is 6.08 Å². The Labute approximate surface area is 126 Å².